The molecule has 0 saturated heterocycles. The van der Waals surface area contributed by atoms with Crippen molar-refractivity contribution in [3.63, 3.8) is 0 Å². The van der Waals surface area contributed by atoms with E-state index in [4.69, 9.17) is 10.00 Å². The zero-order chi connectivity index (χ0) is 17.7. The molecule has 0 heterocycles. The van der Waals surface area contributed by atoms with E-state index < -0.39 is 5.60 Å². The summed E-state index contributed by atoms with van der Waals surface area (Å²) in [5.74, 6) is 0.601. The molecule has 2 saturated carbocycles. The third kappa shape index (κ3) is 4.73. The summed E-state index contributed by atoms with van der Waals surface area (Å²) in [6.45, 7) is 0. The van der Waals surface area contributed by atoms with Gasteiger partial charge in [0.1, 0.15) is 11.8 Å². The maximum Gasteiger partial charge on any atom is 0.223 e. The fraction of sp³-hybridized carbons (Fsp3) is 0.600. The van der Waals surface area contributed by atoms with Crippen LogP contribution in [-0.2, 0) is 4.79 Å². The number of rotatable bonds is 5. The van der Waals surface area contributed by atoms with Crippen molar-refractivity contribution >= 4 is 5.91 Å². The smallest absolute Gasteiger partial charge is 0.223 e. The molecule has 0 aromatic heterocycles. The minimum Gasteiger partial charge on any atom is -0.489 e. The first-order chi connectivity index (χ1) is 12.1. The van der Waals surface area contributed by atoms with E-state index >= 15 is 0 Å². The predicted octanol–water partition coefficient (Wildman–Crippen LogP) is 3.06. The highest BCUT2D eigenvalue weighted by Crippen LogP contribution is 2.32. The molecular weight excluding hydrogens is 316 g/mol. The van der Waals surface area contributed by atoms with Crippen molar-refractivity contribution in [2.75, 3.05) is 0 Å². The van der Waals surface area contributed by atoms with E-state index in [0.29, 0.717) is 11.3 Å². The van der Waals surface area contributed by atoms with Gasteiger partial charge in [-0.15, -0.1) is 0 Å². The van der Waals surface area contributed by atoms with Gasteiger partial charge in [0.2, 0.25) is 5.91 Å². The van der Waals surface area contributed by atoms with Crippen molar-refractivity contribution in [1.82, 2.24) is 5.32 Å². The molecule has 1 aromatic rings. The highest BCUT2D eigenvalue weighted by atomic mass is 16.5. The van der Waals surface area contributed by atoms with Crippen LogP contribution >= 0.6 is 0 Å². The zero-order valence-electron chi connectivity index (χ0n) is 14.5. The van der Waals surface area contributed by atoms with Crippen LogP contribution in [0.3, 0.4) is 0 Å². The molecule has 5 nitrogen and oxygen atoms in total. The van der Waals surface area contributed by atoms with Crippen LogP contribution in [0.5, 0.6) is 5.75 Å². The molecule has 1 amide bonds. The molecule has 25 heavy (non-hydrogen) atoms. The van der Waals surface area contributed by atoms with E-state index in [1.807, 2.05) is 18.2 Å². The average Bonchev–Trinajstić information content (AvgIpc) is 3.03. The first kappa shape index (κ1) is 17.8. The Morgan fingerprint density at radius 2 is 1.92 bits per heavy atom. The third-order valence-electron chi connectivity index (χ3n) is 5.36. The summed E-state index contributed by atoms with van der Waals surface area (Å²) in [5, 5.41) is 22.5. The number of carbonyl (C=O) groups is 1. The number of carbonyl (C=O) groups excluding carboxylic acids is 1. The summed E-state index contributed by atoms with van der Waals surface area (Å²) in [6.07, 6.45) is 7.24. The van der Waals surface area contributed by atoms with Crippen LogP contribution in [0.25, 0.3) is 0 Å². The van der Waals surface area contributed by atoms with Gasteiger partial charge in [0.25, 0.3) is 0 Å². The second-order valence-electron chi connectivity index (χ2n) is 7.38. The zero-order valence-corrected chi connectivity index (χ0v) is 14.5. The van der Waals surface area contributed by atoms with Crippen molar-refractivity contribution in [2.24, 2.45) is 0 Å². The Morgan fingerprint density at radius 3 is 2.60 bits per heavy atom. The molecule has 2 aliphatic rings. The second-order valence-corrected chi connectivity index (χ2v) is 7.38. The number of nitrogens with one attached hydrogen (secondary N) is 1. The molecule has 0 unspecified atom stereocenters. The first-order valence-electron chi connectivity index (χ1n) is 9.25. The van der Waals surface area contributed by atoms with Gasteiger partial charge in [-0.1, -0.05) is 25.0 Å². The van der Waals surface area contributed by atoms with Crippen molar-refractivity contribution in [3.05, 3.63) is 29.8 Å². The molecule has 0 aliphatic heterocycles. The van der Waals surface area contributed by atoms with Gasteiger partial charge in [-0.3, -0.25) is 4.79 Å². The highest BCUT2D eigenvalue weighted by Gasteiger charge is 2.34. The number of ether oxygens (including phenoxy) is 1. The Kier molecular flexibility index (Phi) is 5.60. The summed E-state index contributed by atoms with van der Waals surface area (Å²) < 4.78 is 5.98. The van der Waals surface area contributed by atoms with Gasteiger partial charge in [-0.2, -0.15) is 5.26 Å². The van der Waals surface area contributed by atoms with Gasteiger partial charge in [0.15, 0.2) is 0 Å². The Balaban J connectivity index is 1.44. The van der Waals surface area contributed by atoms with E-state index in [2.05, 4.69) is 11.4 Å². The molecule has 0 radical (unpaired) electrons. The molecule has 5 heteroatoms. The molecule has 3 rings (SSSR count). The van der Waals surface area contributed by atoms with Gasteiger partial charge in [0.05, 0.1) is 23.7 Å². The topological polar surface area (TPSA) is 82.3 Å². The average molecular weight is 342 g/mol. The quantitative estimate of drug-likeness (QED) is 0.861. The molecule has 0 atom stereocenters. The monoisotopic (exact) mass is 342 g/mol. The summed E-state index contributed by atoms with van der Waals surface area (Å²) >= 11 is 0. The number of aliphatic hydroxyl groups is 1. The molecular formula is C20H26N2O3. The van der Waals surface area contributed by atoms with E-state index in [9.17, 15) is 9.90 Å². The molecule has 0 bridgehead atoms. The number of hydrogen-bond acceptors (Lipinski definition) is 4. The summed E-state index contributed by atoms with van der Waals surface area (Å²) in [5.41, 5.74) is -0.228. The van der Waals surface area contributed by atoms with Crippen molar-refractivity contribution < 1.29 is 14.6 Å². The molecule has 0 spiro atoms. The van der Waals surface area contributed by atoms with Crippen molar-refractivity contribution in [2.45, 2.75) is 75.5 Å². The van der Waals surface area contributed by atoms with E-state index in [1.165, 1.54) is 0 Å². The number of para-hydroxylation sites is 1. The Hall–Kier alpha value is -2.06. The highest BCUT2D eigenvalue weighted by molar-refractivity contribution is 5.77. The van der Waals surface area contributed by atoms with Gasteiger partial charge in [0, 0.05) is 6.04 Å². The minimum absolute atomic E-state index is 0.0383. The molecule has 2 N–H and O–H groups in total. The summed E-state index contributed by atoms with van der Waals surface area (Å²) in [4.78, 5) is 12.2. The Bertz CT molecular complexity index is 639. The largest absolute Gasteiger partial charge is 0.489 e. The number of amides is 1. The first-order valence-corrected chi connectivity index (χ1v) is 9.25. The molecule has 134 valence electrons. The SMILES string of the molecule is N#Cc1ccccc1OC1CCC(NC(=O)CC2(O)CCCC2)CC1. The van der Waals surface area contributed by atoms with Crippen LogP contribution in [0.15, 0.2) is 24.3 Å². The number of nitriles is 1. The maximum absolute atomic E-state index is 12.2. The maximum atomic E-state index is 12.2. The van der Waals surface area contributed by atoms with Crippen molar-refractivity contribution in [3.8, 4) is 11.8 Å². The van der Waals surface area contributed by atoms with E-state index in [0.717, 1.165) is 51.4 Å². The molecule has 2 aliphatic carbocycles. The van der Waals surface area contributed by atoms with Gasteiger partial charge < -0.3 is 15.2 Å². The lowest BCUT2D eigenvalue weighted by molar-refractivity contribution is -0.127. The molecule has 1 aromatic carbocycles. The fourth-order valence-electron chi connectivity index (χ4n) is 3.95. The number of benzene rings is 1. The van der Waals surface area contributed by atoms with Crippen LogP contribution < -0.4 is 10.1 Å². The van der Waals surface area contributed by atoms with Gasteiger partial charge in [-0.25, -0.2) is 0 Å². The lowest BCUT2D eigenvalue weighted by Crippen LogP contribution is -2.42. The van der Waals surface area contributed by atoms with E-state index in [1.54, 1.807) is 6.07 Å². The van der Waals surface area contributed by atoms with Crippen LogP contribution in [0, 0.1) is 11.3 Å². The Labute approximate surface area is 149 Å². The van der Waals surface area contributed by atoms with E-state index in [-0.39, 0.29) is 24.5 Å². The fourth-order valence-corrected chi connectivity index (χ4v) is 3.95. The predicted molar refractivity (Wildman–Crippen MR) is 94.0 cm³/mol. The van der Waals surface area contributed by atoms with Crippen LogP contribution in [0.2, 0.25) is 0 Å². The molecule has 2 fully saturated rings. The third-order valence-corrected chi connectivity index (χ3v) is 5.36. The summed E-state index contributed by atoms with van der Waals surface area (Å²) in [6, 6.07) is 9.60. The summed E-state index contributed by atoms with van der Waals surface area (Å²) in [7, 11) is 0. The van der Waals surface area contributed by atoms with Crippen molar-refractivity contribution in [1.29, 1.82) is 5.26 Å². The van der Waals surface area contributed by atoms with Crippen LogP contribution in [-0.4, -0.2) is 28.8 Å². The van der Waals surface area contributed by atoms with Crippen LogP contribution in [0.4, 0.5) is 0 Å². The lowest BCUT2D eigenvalue weighted by Gasteiger charge is -2.30. The Morgan fingerprint density at radius 1 is 1.24 bits per heavy atom. The van der Waals surface area contributed by atoms with Crippen LogP contribution in [0.1, 0.15) is 63.4 Å². The van der Waals surface area contributed by atoms with Gasteiger partial charge in [-0.05, 0) is 50.7 Å². The second kappa shape index (κ2) is 7.88. The normalized spacial score (nSPS) is 25.1. The standard InChI is InChI=1S/C20H26N2O3/c21-14-15-5-1-2-6-18(15)25-17-9-7-16(8-10-17)22-19(23)13-20(24)11-3-4-12-20/h1-2,5-6,16-17,24H,3-4,7-13H2,(H,22,23). The lowest BCUT2D eigenvalue weighted by atomic mass is 9.92. The number of hydrogen-bond donors (Lipinski definition) is 2. The number of nitrogens with zero attached hydrogens (tertiary/aromatic N) is 1. The minimum atomic E-state index is -0.786. The van der Waals surface area contributed by atoms with Gasteiger partial charge >= 0.3 is 0 Å².